The number of nitrogens with zero attached hydrogens (tertiary/aromatic N) is 1. The summed E-state index contributed by atoms with van der Waals surface area (Å²) in [5, 5.41) is 8.57. The van der Waals surface area contributed by atoms with Gasteiger partial charge in [-0.1, -0.05) is 6.07 Å². The summed E-state index contributed by atoms with van der Waals surface area (Å²) in [5.74, 6) is -0.182. The van der Waals surface area contributed by atoms with Crippen LogP contribution in [0, 0.1) is 17.1 Å². The van der Waals surface area contributed by atoms with Crippen molar-refractivity contribution in [3.8, 4) is 11.8 Å². The zero-order valence-electron chi connectivity index (χ0n) is 12.9. The van der Waals surface area contributed by atoms with Gasteiger partial charge < -0.3 is 15.2 Å². The number of carbonyl (C=O) groups is 1. The fourth-order valence-electron chi connectivity index (χ4n) is 1.62. The van der Waals surface area contributed by atoms with Crippen molar-refractivity contribution in [2.45, 2.75) is 6.92 Å². The van der Waals surface area contributed by atoms with Gasteiger partial charge in [-0.3, -0.25) is 0 Å². The summed E-state index contributed by atoms with van der Waals surface area (Å²) in [5.41, 5.74) is 6.57. The minimum Gasteiger partial charge on any atom is -0.497 e. The minimum absolute atomic E-state index is 0.266. The fourth-order valence-corrected chi connectivity index (χ4v) is 1.62. The van der Waals surface area contributed by atoms with E-state index in [4.69, 9.17) is 20.5 Å². The minimum atomic E-state index is -0.463. The maximum absolute atomic E-state index is 12.3. The van der Waals surface area contributed by atoms with Crippen LogP contribution < -0.4 is 10.5 Å². The average molecular weight is 316 g/mol. The lowest BCUT2D eigenvalue weighted by molar-refractivity contribution is 0.0527. The summed E-state index contributed by atoms with van der Waals surface area (Å²) >= 11 is 0. The van der Waals surface area contributed by atoms with Gasteiger partial charge in [0, 0.05) is 11.8 Å². The molecule has 23 heavy (non-hydrogen) atoms. The molecule has 0 aliphatic carbocycles. The summed E-state index contributed by atoms with van der Waals surface area (Å²) in [6, 6.07) is 12.4. The number of methoxy groups -OCH3 is 1. The number of anilines is 1. The summed E-state index contributed by atoms with van der Waals surface area (Å²) in [4.78, 5) is 11.3. The molecular formula is C17H17FN2O3. The van der Waals surface area contributed by atoms with Crippen LogP contribution in [0.4, 0.5) is 10.1 Å². The van der Waals surface area contributed by atoms with Crippen molar-refractivity contribution in [3.63, 3.8) is 0 Å². The third-order valence-electron chi connectivity index (χ3n) is 2.71. The maximum Gasteiger partial charge on any atom is 0.340 e. The molecule has 0 bridgehead atoms. The van der Waals surface area contributed by atoms with E-state index in [-0.39, 0.29) is 11.5 Å². The van der Waals surface area contributed by atoms with Gasteiger partial charge in [0.25, 0.3) is 0 Å². The number of rotatable bonds is 3. The Balaban J connectivity index is 0.000000253. The number of hydrogen-bond donors (Lipinski definition) is 1. The molecule has 0 aromatic heterocycles. The smallest absolute Gasteiger partial charge is 0.340 e. The molecule has 2 aromatic carbocycles. The monoisotopic (exact) mass is 316 g/mol. The Morgan fingerprint density at radius 2 is 2.04 bits per heavy atom. The molecule has 6 heteroatoms. The lowest BCUT2D eigenvalue weighted by Crippen LogP contribution is -2.07. The zero-order chi connectivity index (χ0) is 17.2. The average Bonchev–Trinajstić information content (AvgIpc) is 2.55. The van der Waals surface area contributed by atoms with Gasteiger partial charge in [-0.15, -0.1) is 0 Å². The van der Waals surface area contributed by atoms with Gasteiger partial charge in [-0.25, -0.2) is 9.18 Å². The van der Waals surface area contributed by atoms with Crippen LogP contribution in [-0.2, 0) is 4.74 Å². The van der Waals surface area contributed by atoms with Gasteiger partial charge in [-0.2, -0.15) is 5.26 Å². The summed E-state index contributed by atoms with van der Waals surface area (Å²) in [7, 11) is 1.51. The predicted octanol–water partition coefficient (Wildman–Crippen LogP) is 3.15. The highest BCUT2D eigenvalue weighted by Gasteiger charge is 2.10. The second-order valence-corrected chi connectivity index (χ2v) is 4.30. The van der Waals surface area contributed by atoms with Gasteiger partial charge >= 0.3 is 5.97 Å². The number of benzene rings is 2. The number of nitrogen functional groups attached to an aromatic ring is 1. The van der Waals surface area contributed by atoms with E-state index >= 15 is 0 Å². The predicted molar refractivity (Wildman–Crippen MR) is 84.5 cm³/mol. The van der Waals surface area contributed by atoms with E-state index < -0.39 is 5.97 Å². The van der Waals surface area contributed by atoms with Crippen molar-refractivity contribution in [3.05, 3.63) is 59.4 Å². The van der Waals surface area contributed by atoms with Crippen LogP contribution in [0.5, 0.6) is 5.75 Å². The standard InChI is InChI=1S/C10H10N2O2.C7H7FO/c1-2-14-10(13)8-4-3-7(6-11)5-9(8)12;1-9-7-4-2-3-6(8)5-7/h3-5H,2,12H2,1H3;2-5H,1H3. The lowest BCUT2D eigenvalue weighted by Gasteiger charge is -2.04. The van der Waals surface area contributed by atoms with Crippen molar-refractivity contribution in [2.24, 2.45) is 0 Å². The first kappa shape index (κ1) is 18.0. The Kier molecular flexibility index (Phi) is 7.08. The van der Waals surface area contributed by atoms with Crippen LogP contribution >= 0.6 is 0 Å². The summed E-state index contributed by atoms with van der Waals surface area (Å²) < 4.78 is 21.8. The lowest BCUT2D eigenvalue weighted by atomic mass is 10.1. The molecule has 2 N–H and O–H groups in total. The van der Waals surface area contributed by atoms with Crippen molar-refractivity contribution in [1.82, 2.24) is 0 Å². The van der Waals surface area contributed by atoms with Gasteiger partial charge in [0.2, 0.25) is 0 Å². The van der Waals surface area contributed by atoms with Crippen LogP contribution in [0.25, 0.3) is 0 Å². The molecule has 0 aliphatic rings. The molecule has 0 spiro atoms. The van der Waals surface area contributed by atoms with E-state index in [0.717, 1.165) is 0 Å². The molecule has 0 aliphatic heterocycles. The third kappa shape index (κ3) is 5.67. The number of nitrogens with two attached hydrogens (primary N) is 1. The second-order valence-electron chi connectivity index (χ2n) is 4.30. The molecule has 120 valence electrons. The van der Waals surface area contributed by atoms with Crippen LogP contribution in [0.1, 0.15) is 22.8 Å². The Morgan fingerprint density at radius 3 is 2.52 bits per heavy atom. The third-order valence-corrected chi connectivity index (χ3v) is 2.71. The molecule has 0 saturated heterocycles. The van der Waals surface area contributed by atoms with Crippen LogP contribution in [-0.4, -0.2) is 19.7 Å². The summed E-state index contributed by atoms with van der Waals surface area (Å²) in [6.07, 6.45) is 0. The Morgan fingerprint density at radius 1 is 1.30 bits per heavy atom. The van der Waals surface area contributed by atoms with E-state index in [0.29, 0.717) is 23.5 Å². The Hall–Kier alpha value is -3.07. The highest BCUT2D eigenvalue weighted by molar-refractivity contribution is 5.95. The zero-order valence-corrected chi connectivity index (χ0v) is 12.9. The van der Waals surface area contributed by atoms with Gasteiger partial charge in [0.15, 0.2) is 0 Å². The van der Waals surface area contributed by atoms with Crippen molar-refractivity contribution >= 4 is 11.7 Å². The molecule has 2 rings (SSSR count). The van der Waals surface area contributed by atoms with E-state index in [2.05, 4.69) is 0 Å². The number of carbonyl (C=O) groups excluding carboxylic acids is 1. The van der Waals surface area contributed by atoms with Crippen molar-refractivity contribution in [2.75, 3.05) is 19.5 Å². The summed E-state index contributed by atoms with van der Waals surface area (Å²) in [6.45, 7) is 2.02. The number of esters is 1. The molecule has 0 heterocycles. The molecular weight excluding hydrogens is 299 g/mol. The van der Waals surface area contributed by atoms with Gasteiger partial charge in [-0.05, 0) is 37.3 Å². The molecule has 0 atom stereocenters. The first-order chi connectivity index (χ1) is 11.0. The number of hydrogen-bond acceptors (Lipinski definition) is 5. The first-order valence-corrected chi connectivity index (χ1v) is 6.78. The number of ether oxygens (including phenoxy) is 2. The molecule has 0 unspecified atom stereocenters. The van der Waals surface area contributed by atoms with Gasteiger partial charge in [0.05, 0.1) is 30.9 Å². The molecule has 0 radical (unpaired) electrons. The number of nitriles is 1. The largest absolute Gasteiger partial charge is 0.497 e. The Bertz CT molecular complexity index is 711. The normalized spacial score (nSPS) is 9.13. The Labute approximate surface area is 134 Å². The highest BCUT2D eigenvalue weighted by atomic mass is 19.1. The number of halogens is 1. The highest BCUT2D eigenvalue weighted by Crippen LogP contribution is 2.14. The van der Waals surface area contributed by atoms with E-state index in [9.17, 15) is 9.18 Å². The van der Waals surface area contributed by atoms with Crippen molar-refractivity contribution in [1.29, 1.82) is 5.26 Å². The molecule has 5 nitrogen and oxygen atoms in total. The molecule has 0 saturated carbocycles. The first-order valence-electron chi connectivity index (χ1n) is 6.78. The quantitative estimate of drug-likeness (QED) is 0.694. The SMILES string of the molecule is CCOC(=O)c1ccc(C#N)cc1N.COc1cccc(F)c1. The van der Waals surface area contributed by atoms with Crippen LogP contribution in [0.3, 0.4) is 0 Å². The maximum atomic E-state index is 12.3. The van der Waals surface area contributed by atoms with Crippen LogP contribution in [0.15, 0.2) is 42.5 Å². The molecule has 0 amide bonds. The molecule has 2 aromatic rings. The van der Waals surface area contributed by atoms with E-state index in [1.165, 1.54) is 37.4 Å². The second kappa shape index (κ2) is 9.05. The fraction of sp³-hybridized carbons (Fsp3) is 0.176. The van der Waals surface area contributed by atoms with Crippen LogP contribution in [0.2, 0.25) is 0 Å². The molecule has 0 fully saturated rings. The van der Waals surface area contributed by atoms with Crippen molar-refractivity contribution < 1.29 is 18.7 Å². The topological polar surface area (TPSA) is 85.3 Å². The van der Waals surface area contributed by atoms with E-state index in [1.807, 2.05) is 6.07 Å². The van der Waals surface area contributed by atoms with E-state index in [1.54, 1.807) is 19.1 Å². The van der Waals surface area contributed by atoms with Gasteiger partial charge in [0.1, 0.15) is 11.6 Å².